The number of hydrogen-bond donors (Lipinski definition) is 3. The zero-order valence-corrected chi connectivity index (χ0v) is 47.5. The molecule has 3 N–H and O–H groups in total. The number of nitrogens with one attached hydrogen (secondary N) is 1. The standard InChI is InChI=1S/C64H125NO5/c1-3-5-7-9-11-13-15-17-18-19-20-21-22-23-24-26-29-33-36-40-44-48-52-56-62(67)61(60-66)65-63(68)57-53-49-45-41-37-34-30-27-25-28-31-35-39-43-47-51-55-59-70-64(69)58-54-50-46-42-38-32-16-14-12-10-8-6-4-2/h25,28,61-62,66-67H,3-24,26-27,29-60H2,1-2H3,(H,65,68)/b28-25-. The summed E-state index contributed by atoms with van der Waals surface area (Å²) in [4.78, 5) is 24.6. The van der Waals surface area contributed by atoms with Gasteiger partial charge in [0.15, 0.2) is 0 Å². The number of ether oxygens (including phenoxy) is 1. The fourth-order valence-corrected chi connectivity index (χ4v) is 10.2. The first-order valence-electron chi connectivity index (χ1n) is 31.9. The number of hydrogen-bond acceptors (Lipinski definition) is 5. The van der Waals surface area contributed by atoms with E-state index in [9.17, 15) is 19.8 Å². The van der Waals surface area contributed by atoms with Gasteiger partial charge < -0.3 is 20.3 Å². The Bertz CT molecular complexity index is 1050. The topological polar surface area (TPSA) is 95.9 Å². The number of rotatable bonds is 60. The van der Waals surface area contributed by atoms with Crippen molar-refractivity contribution in [2.75, 3.05) is 13.2 Å². The summed E-state index contributed by atoms with van der Waals surface area (Å²) in [6.07, 6.45) is 72.2. The minimum atomic E-state index is -0.673. The van der Waals surface area contributed by atoms with Gasteiger partial charge in [-0.15, -0.1) is 0 Å². The van der Waals surface area contributed by atoms with E-state index in [0.717, 1.165) is 51.4 Å². The second kappa shape index (κ2) is 60.2. The molecule has 0 aromatic carbocycles. The van der Waals surface area contributed by atoms with Crippen LogP contribution < -0.4 is 5.32 Å². The normalized spacial score (nSPS) is 12.6. The van der Waals surface area contributed by atoms with E-state index < -0.39 is 12.1 Å². The number of aliphatic hydroxyl groups excluding tert-OH is 2. The van der Waals surface area contributed by atoms with Crippen molar-refractivity contribution in [3.63, 3.8) is 0 Å². The average Bonchev–Trinajstić information content (AvgIpc) is 3.36. The lowest BCUT2D eigenvalue weighted by molar-refractivity contribution is -0.143. The molecule has 0 aliphatic carbocycles. The van der Waals surface area contributed by atoms with Gasteiger partial charge in [-0.05, 0) is 51.4 Å². The lowest BCUT2D eigenvalue weighted by Gasteiger charge is -2.22. The van der Waals surface area contributed by atoms with Gasteiger partial charge in [0.1, 0.15) is 0 Å². The molecule has 6 nitrogen and oxygen atoms in total. The third-order valence-electron chi connectivity index (χ3n) is 15.1. The second-order valence-corrected chi connectivity index (χ2v) is 22.1. The van der Waals surface area contributed by atoms with Gasteiger partial charge in [0.2, 0.25) is 5.91 Å². The monoisotopic (exact) mass is 988 g/mol. The number of esters is 1. The van der Waals surface area contributed by atoms with E-state index in [2.05, 4.69) is 31.3 Å². The summed E-state index contributed by atoms with van der Waals surface area (Å²) in [6, 6.07) is -0.551. The Morgan fingerprint density at radius 2 is 0.671 bits per heavy atom. The third kappa shape index (κ3) is 55.9. The number of carbonyl (C=O) groups excluding carboxylic acids is 2. The van der Waals surface area contributed by atoms with Crippen LogP contribution in [0.1, 0.15) is 361 Å². The molecule has 0 aliphatic heterocycles. The lowest BCUT2D eigenvalue weighted by Crippen LogP contribution is -2.45. The predicted molar refractivity (Wildman–Crippen MR) is 306 cm³/mol. The third-order valence-corrected chi connectivity index (χ3v) is 15.1. The van der Waals surface area contributed by atoms with Crippen LogP contribution in [0.2, 0.25) is 0 Å². The molecule has 416 valence electrons. The first-order valence-corrected chi connectivity index (χ1v) is 31.9. The van der Waals surface area contributed by atoms with Gasteiger partial charge in [-0.1, -0.05) is 309 Å². The molecule has 0 fully saturated rings. The minimum absolute atomic E-state index is 0.000841. The molecule has 0 aliphatic rings. The van der Waals surface area contributed by atoms with Gasteiger partial charge in [-0.2, -0.15) is 0 Å². The van der Waals surface area contributed by atoms with Gasteiger partial charge in [0, 0.05) is 12.8 Å². The number of unbranched alkanes of at least 4 members (excludes halogenated alkanes) is 47. The van der Waals surface area contributed by atoms with Crippen LogP contribution in [0, 0.1) is 0 Å². The Hall–Kier alpha value is -1.40. The minimum Gasteiger partial charge on any atom is -0.466 e. The Morgan fingerprint density at radius 3 is 1.01 bits per heavy atom. The Kier molecular flexibility index (Phi) is 59.0. The van der Waals surface area contributed by atoms with Crippen LogP contribution in [0.15, 0.2) is 12.2 Å². The average molecular weight is 989 g/mol. The summed E-state index contributed by atoms with van der Waals surface area (Å²) < 4.78 is 5.47. The largest absolute Gasteiger partial charge is 0.466 e. The molecule has 0 saturated carbocycles. The molecule has 1 amide bonds. The highest BCUT2D eigenvalue weighted by Crippen LogP contribution is 2.18. The van der Waals surface area contributed by atoms with Crippen molar-refractivity contribution in [2.45, 2.75) is 373 Å². The molecule has 70 heavy (non-hydrogen) atoms. The number of amides is 1. The van der Waals surface area contributed by atoms with E-state index in [1.165, 1.54) is 276 Å². The Morgan fingerprint density at radius 1 is 0.386 bits per heavy atom. The molecule has 0 heterocycles. The summed E-state index contributed by atoms with van der Waals surface area (Å²) in [6.45, 7) is 4.96. The maximum atomic E-state index is 12.5. The molecule has 6 heteroatoms. The highest BCUT2D eigenvalue weighted by atomic mass is 16.5. The Balaban J connectivity index is 3.44. The van der Waals surface area contributed by atoms with Crippen LogP contribution in [0.25, 0.3) is 0 Å². The van der Waals surface area contributed by atoms with Crippen molar-refractivity contribution in [1.29, 1.82) is 0 Å². The quantitative estimate of drug-likeness (QED) is 0.0321. The molecular formula is C64H125NO5. The zero-order chi connectivity index (χ0) is 50.7. The van der Waals surface area contributed by atoms with E-state index in [0.29, 0.717) is 25.9 Å². The highest BCUT2D eigenvalue weighted by molar-refractivity contribution is 5.76. The van der Waals surface area contributed by atoms with E-state index in [1.54, 1.807) is 0 Å². The molecule has 0 spiro atoms. The van der Waals surface area contributed by atoms with Crippen LogP contribution in [0.4, 0.5) is 0 Å². The molecule has 0 saturated heterocycles. The SMILES string of the molecule is CCCCCCCCCCCCCCCCCCCCCCCCCC(O)C(CO)NC(=O)CCCCCCCCC/C=C\CCCCCCCCOC(=O)CCCCCCCCCCCCCCC. The maximum Gasteiger partial charge on any atom is 0.305 e. The van der Waals surface area contributed by atoms with Crippen LogP contribution in [0.5, 0.6) is 0 Å². The molecular weight excluding hydrogens is 863 g/mol. The molecule has 2 unspecified atom stereocenters. The molecule has 0 aromatic heterocycles. The van der Waals surface area contributed by atoms with Crippen LogP contribution in [-0.2, 0) is 14.3 Å². The van der Waals surface area contributed by atoms with Crippen LogP contribution >= 0.6 is 0 Å². The van der Waals surface area contributed by atoms with E-state index in [4.69, 9.17) is 4.74 Å². The van der Waals surface area contributed by atoms with Gasteiger partial charge in [0.05, 0.1) is 25.4 Å². The van der Waals surface area contributed by atoms with E-state index in [1.807, 2.05) is 0 Å². The first-order chi connectivity index (χ1) is 34.5. The summed E-state index contributed by atoms with van der Waals surface area (Å²) in [5.74, 6) is -0.0418. The molecule has 0 aromatic rings. The number of carbonyl (C=O) groups is 2. The van der Waals surface area contributed by atoms with Crippen LogP contribution in [-0.4, -0.2) is 47.4 Å². The second-order valence-electron chi connectivity index (χ2n) is 22.1. The van der Waals surface area contributed by atoms with Gasteiger partial charge in [-0.3, -0.25) is 9.59 Å². The van der Waals surface area contributed by atoms with E-state index >= 15 is 0 Å². The summed E-state index contributed by atoms with van der Waals surface area (Å²) in [7, 11) is 0. The van der Waals surface area contributed by atoms with Crippen LogP contribution in [0.3, 0.4) is 0 Å². The van der Waals surface area contributed by atoms with Crippen molar-refractivity contribution in [2.24, 2.45) is 0 Å². The molecule has 0 radical (unpaired) electrons. The molecule has 2 atom stereocenters. The van der Waals surface area contributed by atoms with Gasteiger partial charge >= 0.3 is 5.97 Å². The predicted octanol–water partition coefficient (Wildman–Crippen LogP) is 20.0. The highest BCUT2D eigenvalue weighted by Gasteiger charge is 2.20. The number of aliphatic hydroxyl groups is 2. The van der Waals surface area contributed by atoms with Gasteiger partial charge in [0.25, 0.3) is 0 Å². The molecule has 0 bridgehead atoms. The van der Waals surface area contributed by atoms with E-state index in [-0.39, 0.29) is 18.5 Å². The van der Waals surface area contributed by atoms with Crippen molar-refractivity contribution in [1.82, 2.24) is 5.32 Å². The zero-order valence-electron chi connectivity index (χ0n) is 47.5. The summed E-state index contributed by atoms with van der Waals surface area (Å²) in [5, 5.41) is 23.4. The summed E-state index contributed by atoms with van der Waals surface area (Å²) in [5.41, 5.74) is 0. The number of allylic oxidation sites excluding steroid dienone is 2. The fraction of sp³-hybridized carbons (Fsp3) is 0.938. The Labute approximate surface area is 438 Å². The van der Waals surface area contributed by atoms with Crippen molar-refractivity contribution in [3.8, 4) is 0 Å². The van der Waals surface area contributed by atoms with Crippen molar-refractivity contribution < 1.29 is 24.5 Å². The van der Waals surface area contributed by atoms with Crippen molar-refractivity contribution in [3.05, 3.63) is 12.2 Å². The fourth-order valence-electron chi connectivity index (χ4n) is 10.2. The molecule has 0 rings (SSSR count). The lowest BCUT2D eigenvalue weighted by atomic mass is 10.0. The smallest absolute Gasteiger partial charge is 0.305 e. The maximum absolute atomic E-state index is 12.5. The van der Waals surface area contributed by atoms with Gasteiger partial charge in [-0.25, -0.2) is 0 Å². The summed E-state index contributed by atoms with van der Waals surface area (Å²) >= 11 is 0. The van der Waals surface area contributed by atoms with Crippen molar-refractivity contribution >= 4 is 11.9 Å². The first kappa shape index (κ1) is 68.6.